The minimum Gasteiger partial charge on any atom is -0.346 e. The van der Waals surface area contributed by atoms with Crippen molar-refractivity contribution >= 4 is 11.8 Å². The number of hydrogen-bond acceptors (Lipinski definition) is 1. The highest BCUT2D eigenvalue weighted by Crippen LogP contribution is 2.16. The summed E-state index contributed by atoms with van der Waals surface area (Å²) >= 11 is 1.80. The molecule has 1 nitrogen and oxygen atoms in total. The Morgan fingerprint density at radius 1 is 1.80 bits per heavy atom. The lowest BCUT2D eigenvalue weighted by atomic mass is 10.7. The van der Waals surface area contributed by atoms with Crippen LogP contribution in [-0.4, -0.2) is 10.3 Å². The van der Waals surface area contributed by atoms with Crippen LogP contribution in [0.1, 0.15) is 0 Å². The van der Waals surface area contributed by atoms with Crippen molar-refractivity contribution in [3.63, 3.8) is 0 Å². The molecule has 1 aromatic heterocycles. The summed E-state index contributed by atoms with van der Waals surface area (Å²) in [5.74, 6) is 0.984. The average molecular weight is 153 g/mol. The summed E-state index contributed by atoms with van der Waals surface area (Å²) < 4.78 is 2.11. The summed E-state index contributed by atoms with van der Waals surface area (Å²) in [5, 5.41) is 1.29. The fourth-order valence-electron chi connectivity index (χ4n) is 0.740. The number of aryl methyl sites for hydroxylation is 1. The van der Waals surface area contributed by atoms with Gasteiger partial charge >= 0.3 is 0 Å². The Bertz CT molecular complexity index is 215. The van der Waals surface area contributed by atoms with Gasteiger partial charge in [-0.3, -0.25) is 0 Å². The van der Waals surface area contributed by atoms with E-state index in [0.717, 1.165) is 5.75 Å². The largest absolute Gasteiger partial charge is 0.346 e. The monoisotopic (exact) mass is 153 g/mol. The van der Waals surface area contributed by atoms with Crippen molar-refractivity contribution in [3.8, 4) is 0 Å². The molecule has 0 N–H and O–H groups in total. The van der Waals surface area contributed by atoms with Gasteiger partial charge in [0, 0.05) is 19.0 Å². The van der Waals surface area contributed by atoms with E-state index < -0.39 is 0 Å². The van der Waals surface area contributed by atoms with Gasteiger partial charge in [-0.05, 0) is 12.1 Å². The minimum atomic E-state index is 0.984. The Labute approximate surface area is 65.7 Å². The summed E-state index contributed by atoms with van der Waals surface area (Å²) in [7, 11) is 2.05. The first-order valence-corrected chi connectivity index (χ1v) is 4.18. The molecule has 0 unspecified atom stereocenters. The lowest BCUT2D eigenvalue weighted by Crippen LogP contribution is -1.86. The van der Waals surface area contributed by atoms with E-state index in [1.54, 1.807) is 11.8 Å². The molecule has 0 aliphatic carbocycles. The molecule has 0 aromatic carbocycles. The van der Waals surface area contributed by atoms with E-state index in [4.69, 9.17) is 0 Å². The smallest absolute Gasteiger partial charge is 0.0748 e. The lowest BCUT2D eigenvalue weighted by Gasteiger charge is -1.98. The molecule has 0 aliphatic heterocycles. The topological polar surface area (TPSA) is 4.93 Å². The van der Waals surface area contributed by atoms with E-state index in [1.807, 2.05) is 25.4 Å². The van der Waals surface area contributed by atoms with Gasteiger partial charge in [-0.2, -0.15) is 0 Å². The Morgan fingerprint density at radius 3 is 3.10 bits per heavy atom. The molecule has 1 rings (SSSR count). The standard InChI is InChI=1S/C8H11NS/c1-3-7-10-8-5-4-6-9(8)2/h3-6H,1,7H2,2H3. The van der Waals surface area contributed by atoms with Crippen molar-refractivity contribution in [3.05, 3.63) is 31.0 Å². The quantitative estimate of drug-likeness (QED) is 0.476. The van der Waals surface area contributed by atoms with Crippen LogP contribution >= 0.6 is 11.8 Å². The summed E-state index contributed by atoms with van der Waals surface area (Å²) in [4.78, 5) is 0. The number of hydrogen-bond donors (Lipinski definition) is 0. The van der Waals surface area contributed by atoms with Crippen LogP contribution in [0.2, 0.25) is 0 Å². The third kappa shape index (κ3) is 1.67. The number of rotatable bonds is 3. The lowest BCUT2D eigenvalue weighted by molar-refractivity contribution is 0.830. The van der Waals surface area contributed by atoms with E-state index in [2.05, 4.69) is 17.2 Å². The van der Waals surface area contributed by atoms with Crippen molar-refractivity contribution < 1.29 is 0 Å². The van der Waals surface area contributed by atoms with E-state index in [1.165, 1.54) is 5.03 Å². The molecule has 0 saturated carbocycles. The molecule has 1 heterocycles. The molecular formula is C8H11NS. The van der Waals surface area contributed by atoms with Crippen LogP contribution in [0.15, 0.2) is 36.0 Å². The van der Waals surface area contributed by atoms with Crippen LogP contribution in [0.4, 0.5) is 0 Å². The second-order valence-corrected chi connectivity index (χ2v) is 3.10. The zero-order chi connectivity index (χ0) is 7.40. The predicted molar refractivity (Wildman–Crippen MR) is 46.3 cm³/mol. The van der Waals surface area contributed by atoms with Crippen LogP contribution in [0.25, 0.3) is 0 Å². The molecule has 0 atom stereocenters. The van der Waals surface area contributed by atoms with Crippen molar-refractivity contribution in [2.45, 2.75) is 5.03 Å². The van der Waals surface area contributed by atoms with Gasteiger partial charge in [0.15, 0.2) is 0 Å². The van der Waals surface area contributed by atoms with Crippen molar-refractivity contribution in [2.75, 3.05) is 5.75 Å². The maximum absolute atomic E-state index is 3.66. The molecule has 1 aromatic rings. The molecule has 2 heteroatoms. The van der Waals surface area contributed by atoms with Crippen LogP contribution in [0.5, 0.6) is 0 Å². The van der Waals surface area contributed by atoms with Gasteiger partial charge in [0.05, 0.1) is 5.03 Å². The molecule has 0 fully saturated rings. The summed E-state index contributed by atoms with van der Waals surface area (Å²) in [5.41, 5.74) is 0. The normalized spacial score (nSPS) is 9.70. The SMILES string of the molecule is C=CCSc1cccn1C. The van der Waals surface area contributed by atoms with Crippen molar-refractivity contribution in [2.24, 2.45) is 7.05 Å². The highest BCUT2D eigenvalue weighted by Gasteiger charge is 1.93. The molecule has 0 amide bonds. The van der Waals surface area contributed by atoms with Gasteiger partial charge in [-0.1, -0.05) is 6.08 Å². The third-order valence-electron chi connectivity index (χ3n) is 1.25. The van der Waals surface area contributed by atoms with Gasteiger partial charge in [0.2, 0.25) is 0 Å². The molecule has 0 radical (unpaired) electrons. The van der Waals surface area contributed by atoms with Gasteiger partial charge in [0.1, 0.15) is 0 Å². The minimum absolute atomic E-state index is 0.984. The fourth-order valence-corrected chi connectivity index (χ4v) is 1.47. The first-order valence-electron chi connectivity index (χ1n) is 3.19. The Hall–Kier alpha value is -0.630. The molecule has 0 bridgehead atoms. The average Bonchev–Trinajstić information content (AvgIpc) is 2.31. The van der Waals surface area contributed by atoms with Crippen LogP contribution < -0.4 is 0 Å². The van der Waals surface area contributed by atoms with Gasteiger partial charge in [0.25, 0.3) is 0 Å². The van der Waals surface area contributed by atoms with Crippen LogP contribution in [0.3, 0.4) is 0 Å². The van der Waals surface area contributed by atoms with E-state index in [-0.39, 0.29) is 0 Å². The van der Waals surface area contributed by atoms with E-state index in [0.29, 0.717) is 0 Å². The second kappa shape index (κ2) is 3.52. The van der Waals surface area contributed by atoms with Crippen molar-refractivity contribution in [1.82, 2.24) is 4.57 Å². The van der Waals surface area contributed by atoms with E-state index >= 15 is 0 Å². The molecule has 10 heavy (non-hydrogen) atoms. The number of aromatic nitrogens is 1. The van der Waals surface area contributed by atoms with Crippen molar-refractivity contribution in [1.29, 1.82) is 0 Å². The zero-order valence-electron chi connectivity index (χ0n) is 6.08. The molecular weight excluding hydrogens is 142 g/mol. The first-order chi connectivity index (χ1) is 4.84. The molecule has 0 aliphatic rings. The van der Waals surface area contributed by atoms with Crippen LogP contribution in [-0.2, 0) is 7.05 Å². The number of nitrogens with zero attached hydrogens (tertiary/aromatic N) is 1. The molecule has 54 valence electrons. The highest BCUT2D eigenvalue weighted by molar-refractivity contribution is 7.99. The van der Waals surface area contributed by atoms with Gasteiger partial charge in [-0.15, -0.1) is 18.3 Å². The molecule has 0 spiro atoms. The van der Waals surface area contributed by atoms with Gasteiger partial charge in [-0.25, -0.2) is 0 Å². The van der Waals surface area contributed by atoms with E-state index in [9.17, 15) is 0 Å². The Balaban J connectivity index is 2.56. The maximum atomic E-state index is 3.66. The maximum Gasteiger partial charge on any atom is 0.0748 e. The summed E-state index contributed by atoms with van der Waals surface area (Å²) in [6, 6.07) is 4.15. The Morgan fingerprint density at radius 2 is 2.60 bits per heavy atom. The predicted octanol–water partition coefficient (Wildman–Crippen LogP) is 2.30. The second-order valence-electron chi connectivity index (χ2n) is 2.06. The fraction of sp³-hybridized carbons (Fsp3) is 0.250. The van der Waals surface area contributed by atoms with Gasteiger partial charge < -0.3 is 4.57 Å². The van der Waals surface area contributed by atoms with Crippen LogP contribution in [0, 0.1) is 0 Å². The summed E-state index contributed by atoms with van der Waals surface area (Å²) in [6.07, 6.45) is 3.96. The first kappa shape index (κ1) is 7.48. The third-order valence-corrected chi connectivity index (χ3v) is 2.37. The zero-order valence-corrected chi connectivity index (χ0v) is 6.90. The summed E-state index contributed by atoms with van der Waals surface area (Å²) in [6.45, 7) is 3.66. The Kier molecular flexibility index (Phi) is 2.63. The molecule has 0 saturated heterocycles. The number of thioether (sulfide) groups is 1. The highest BCUT2D eigenvalue weighted by atomic mass is 32.2.